The Morgan fingerprint density at radius 1 is 1.28 bits per heavy atom. The summed E-state index contributed by atoms with van der Waals surface area (Å²) in [6.45, 7) is 3.86. The number of aromatic nitrogens is 3. The number of ether oxygens (including phenoxy) is 1. The molecule has 2 atom stereocenters. The Morgan fingerprint density at radius 3 is 2.56 bits per heavy atom. The van der Waals surface area contributed by atoms with Crippen LogP contribution in [0.5, 0.6) is 0 Å². The average Bonchev–Trinajstić information content (AvgIpc) is 2.26. The van der Waals surface area contributed by atoms with Gasteiger partial charge in [0.2, 0.25) is 11.9 Å². The second-order valence-corrected chi connectivity index (χ2v) is 4.41. The lowest BCUT2D eigenvalue weighted by molar-refractivity contribution is -0.0977. The van der Waals surface area contributed by atoms with Crippen molar-refractivity contribution in [3.63, 3.8) is 0 Å². The van der Waals surface area contributed by atoms with Crippen molar-refractivity contribution >= 4 is 11.9 Å². The number of nitrogens with zero attached hydrogens (tertiary/aromatic N) is 4. The fourth-order valence-electron chi connectivity index (χ4n) is 2.10. The van der Waals surface area contributed by atoms with E-state index in [-0.39, 0.29) is 30.7 Å². The average molecular weight is 254 g/mol. The molecule has 0 radical (unpaired) electrons. The lowest BCUT2D eigenvalue weighted by Crippen LogP contribution is -2.47. The Balaban J connectivity index is 2.03. The minimum atomic E-state index is -0.176. The van der Waals surface area contributed by atoms with Gasteiger partial charge in [-0.25, -0.2) is 0 Å². The maximum atomic E-state index is 9.15. The van der Waals surface area contributed by atoms with Crippen LogP contribution in [0, 0.1) is 0 Å². The zero-order chi connectivity index (χ0) is 13.1. The van der Waals surface area contributed by atoms with E-state index in [1.54, 1.807) is 0 Å². The molecule has 1 aromatic rings. The number of aliphatic hydroxyl groups excluding tert-OH is 1. The van der Waals surface area contributed by atoms with Crippen LogP contribution in [0.15, 0.2) is 0 Å². The SMILES string of the molecule is CC1CN(Cc2nc(N)nc(N)n2)CC(CO)O1. The van der Waals surface area contributed by atoms with Gasteiger partial charge in [-0.1, -0.05) is 0 Å². The van der Waals surface area contributed by atoms with E-state index in [1.807, 2.05) is 6.92 Å². The molecule has 1 aromatic heterocycles. The highest BCUT2D eigenvalue weighted by Crippen LogP contribution is 2.13. The molecule has 5 N–H and O–H groups in total. The number of rotatable bonds is 3. The van der Waals surface area contributed by atoms with Crippen LogP contribution in [0.2, 0.25) is 0 Å². The summed E-state index contributed by atoms with van der Waals surface area (Å²) in [6, 6.07) is 0. The summed E-state index contributed by atoms with van der Waals surface area (Å²) in [7, 11) is 0. The van der Waals surface area contributed by atoms with Gasteiger partial charge in [-0.15, -0.1) is 0 Å². The number of hydrogen-bond acceptors (Lipinski definition) is 8. The number of nitrogens with two attached hydrogens (primary N) is 2. The molecule has 0 aliphatic carbocycles. The Bertz CT molecular complexity index is 395. The molecule has 1 aliphatic heterocycles. The topological polar surface area (TPSA) is 123 Å². The molecule has 2 heterocycles. The van der Waals surface area contributed by atoms with Crippen molar-refractivity contribution in [3.05, 3.63) is 5.82 Å². The monoisotopic (exact) mass is 254 g/mol. The summed E-state index contributed by atoms with van der Waals surface area (Å²) in [5.74, 6) is 0.779. The van der Waals surface area contributed by atoms with Gasteiger partial charge in [-0.2, -0.15) is 15.0 Å². The first-order valence-corrected chi connectivity index (χ1v) is 5.81. The molecule has 8 nitrogen and oxygen atoms in total. The minimum absolute atomic E-state index is 0.00230. The Kier molecular flexibility index (Phi) is 3.90. The highest BCUT2D eigenvalue weighted by Gasteiger charge is 2.25. The lowest BCUT2D eigenvalue weighted by Gasteiger charge is -2.35. The van der Waals surface area contributed by atoms with Gasteiger partial charge in [-0.05, 0) is 6.92 Å². The summed E-state index contributed by atoms with van der Waals surface area (Å²) in [4.78, 5) is 13.9. The highest BCUT2D eigenvalue weighted by atomic mass is 16.5. The van der Waals surface area contributed by atoms with E-state index in [0.29, 0.717) is 18.9 Å². The summed E-state index contributed by atoms with van der Waals surface area (Å²) in [6.07, 6.45) is -0.113. The second kappa shape index (κ2) is 5.42. The van der Waals surface area contributed by atoms with Gasteiger partial charge in [0.1, 0.15) is 5.82 Å². The van der Waals surface area contributed by atoms with E-state index < -0.39 is 0 Å². The molecule has 0 spiro atoms. The van der Waals surface area contributed by atoms with Gasteiger partial charge in [-0.3, -0.25) is 4.90 Å². The van der Waals surface area contributed by atoms with Crippen LogP contribution in [0.3, 0.4) is 0 Å². The molecule has 1 fully saturated rings. The molecular weight excluding hydrogens is 236 g/mol. The number of nitrogen functional groups attached to an aromatic ring is 2. The van der Waals surface area contributed by atoms with Crippen molar-refractivity contribution < 1.29 is 9.84 Å². The largest absolute Gasteiger partial charge is 0.394 e. The van der Waals surface area contributed by atoms with E-state index in [1.165, 1.54) is 0 Å². The van der Waals surface area contributed by atoms with Gasteiger partial charge in [0.15, 0.2) is 0 Å². The fraction of sp³-hybridized carbons (Fsp3) is 0.700. The van der Waals surface area contributed by atoms with Gasteiger partial charge in [0, 0.05) is 13.1 Å². The second-order valence-electron chi connectivity index (χ2n) is 4.41. The van der Waals surface area contributed by atoms with Crippen LogP contribution < -0.4 is 11.5 Å². The molecule has 0 saturated carbocycles. The van der Waals surface area contributed by atoms with Gasteiger partial charge >= 0.3 is 0 Å². The van der Waals surface area contributed by atoms with Crippen LogP contribution in [-0.2, 0) is 11.3 Å². The first kappa shape index (κ1) is 12.9. The highest BCUT2D eigenvalue weighted by molar-refractivity contribution is 5.25. The molecule has 100 valence electrons. The van der Waals surface area contributed by atoms with Gasteiger partial charge in [0.25, 0.3) is 0 Å². The molecular formula is C10H18N6O2. The van der Waals surface area contributed by atoms with Crippen molar-refractivity contribution in [2.75, 3.05) is 31.2 Å². The lowest BCUT2D eigenvalue weighted by atomic mass is 10.2. The third kappa shape index (κ3) is 3.25. The number of aliphatic hydroxyl groups is 1. The van der Waals surface area contributed by atoms with E-state index in [9.17, 15) is 0 Å². The maximum absolute atomic E-state index is 9.15. The van der Waals surface area contributed by atoms with Crippen LogP contribution in [0.4, 0.5) is 11.9 Å². The minimum Gasteiger partial charge on any atom is -0.394 e. The van der Waals surface area contributed by atoms with Crippen molar-refractivity contribution in [1.29, 1.82) is 0 Å². The Labute approximate surface area is 105 Å². The maximum Gasteiger partial charge on any atom is 0.225 e. The summed E-state index contributed by atoms with van der Waals surface area (Å²) in [5.41, 5.74) is 11.0. The Morgan fingerprint density at radius 2 is 1.94 bits per heavy atom. The van der Waals surface area contributed by atoms with Crippen molar-refractivity contribution in [3.8, 4) is 0 Å². The normalized spacial score (nSPS) is 25.2. The predicted octanol–water partition coefficient (Wildman–Crippen LogP) is -1.38. The summed E-state index contributed by atoms with van der Waals surface area (Å²) >= 11 is 0. The molecule has 1 aliphatic rings. The summed E-state index contributed by atoms with van der Waals surface area (Å²) in [5, 5.41) is 9.15. The third-order valence-corrected chi connectivity index (χ3v) is 2.69. The van der Waals surface area contributed by atoms with Gasteiger partial charge < -0.3 is 21.3 Å². The molecule has 2 unspecified atom stereocenters. The molecule has 2 rings (SSSR count). The van der Waals surface area contributed by atoms with Crippen LogP contribution >= 0.6 is 0 Å². The third-order valence-electron chi connectivity index (χ3n) is 2.69. The number of anilines is 2. The van der Waals surface area contributed by atoms with Crippen molar-refractivity contribution in [1.82, 2.24) is 19.9 Å². The Hall–Kier alpha value is -1.51. The van der Waals surface area contributed by atoms with Crippen LogP contribution in [0.1, 0.15) is 12.7 Å². The summed E-state index contributed by atoms with van der Waals surface area (Å²) < 4.78 is 5.56. The van der Waals surface area contributed by atoms with E-state index in [0.717, 1.165) is 6.54 Å². The van der Waals surface area contributed by atoms with E-state index in [2.05, 4.69) is 19.9 Å². The molecule has 0 aromatic carbocycles. The predicted molar refractivity (Wildman–Crippen MR) is 65.3 cm³/mol. The molecule has 18 heavy (non-hydrogen) atoms. The quantitative estimate of drug-likeness (QED) is 0.603. The smallest absolute Gasteiger partial charge is 0.225 e. The van der Waals surface area contributed by atoms with Crippen LogP contribution in [0.25, 0.3) is 0 Å². The molecule has 1 saturated heterocycles. The van der Waals surface area contributed by atoms with Gasteiger partial charge in [0.05, 0.1) is 25.4 Å². The first-order valence-electron chi connectivity index (χ1n) is 5.81. The molecule has 8 heteroatoms. The van der Waals surface area contributed by atoms with Crippen molar-refractivity contribution in [2.45, 2.75) is 25.7 Å². The number of hydrogen-bond donors (Lipinski definition) is 3. The first-order chi connectivity index (χ1) is 8.56. The zero-order valence-corrected chi connectivity index (χ0v) is 10.3. The zero-order valence-electron chi connectivity index (χ0n) is 10.3. The van der Waals surface area contributed by atoms with Crippen LogP contribution in [-0.4, -0.2) is 56.9 Å². The van der Waals surface area contributed by atoms with Crippen molar-refractivity contribution in [2.24, 2.45) is 0 Å². The van der Waals surface area contributed by atoms with E-state index in [4.69, 9.17) is 21.3 Å². The fourth-order valence-corrected chi connectivity index (χ4v) is 2.10. The number of morpholine rings is 1. The molecule has 0 amide bonds. The van der Waals surface area contributed by atoms with E-state index >= 15 is 0 Å². The standard InChI is InChI=1S/C10H18N6O2/c1-6-2-16(3-7(5-17)18-6)4-8-13-9(11)15-10(12)14-8/h6-7,17H,2-5H2,1H3,(H4,11,12,13,14,15). The molecule has 0 bridgehead atoms.